The lowest BCUT2D eigenvalue weighted by Gasteiger charge is -2.10. The van der Waals surface area contributed by atoms with Crippen molar-refractivity contribution in [2.45, 2.75) is 20.5 Å². The van der Waals surface area contributed by atoms with E-state index in [1.807, 2.05) is 32.0 Å². The number of nitrogens with one attached hydrogen (secondary N) is 2. The number of nitrogens with zero attached hydrogens (tertiary/aromatic N) is 1. The fourth-order valence-corrected chi connectivity index (χ4v) is 3.28. The number of halogens is 1. The van der Waals surface area contributed by atoms with E-state index in [0.717, 1.165) is 5.56 Å². The van der Waals surface area contributed by atoms with Gasteiger partial charge in [-0.3, -0.25) is 4.79 Å². The minimum absolute atomic E-state index is 0.0378. The smallest absolute Gasteiger partial charge is 0.261 e. The molecule has 1 amide bonds. The highest BCUT2D eigenvalue weighted by Gasteiger charge is 2.19. The van der Waals surface area contributed by atoms with E-state index in [1.54, 1.807) is 24.4 Å². The van der Waals surface area contributed by atoms with Crippen molar-refractivity contribution in [2.24, 2.45) is 4.99 Å². The summed E-state index contributed by atoms with van der Waals surface area (Å²) in [5.41, 5.74) is 3.81. The molecule has 156 valence electrons. The topological polar surface area (TPSA) is 89.0 Å². The summed E-state index contributed by atoms with van der Waals surface area (Å²) in [5.74, 6) is -0.871. The van der Waals surface area contributed by atoms with Gasteiger partial charge < -0.3 is 14.8 Å². The monoisotopic (exact) mass is 418 g/mol. The number of carbonyl (C=O) groups is 1. The fraction of sp³-hybridized carbons (Fsp3) is 0.125. The Bertz CT molecular complexity index is 1360. The molecule has 0 aliphatic rings. The molecule has 3 N–H and O–H groups in total. The number of pyridine rings is 1. The highest BCUT2D eigenvalue weighted by Crippen LogP contribution is 2.21. The van der Waals surface area contributed by atoms with Crippen LogP contribution >= 0.6 is 0 Å². The molecule has 0 bridgehead atoms. The van der Waals surface area contributed by atoms with Gasteiger partial charge in [0, 0.05) is 18.0 Å². The molecular formula is C24H21FN3O3+. The zero-order valence-corrected chi connectivity index (χ0v) is 17.1. The second-order valence-electron chi connectivity index (χ2n) is 7.17. The number of hydrogen-bond donors (Lipinski definition) is 2. The number of aromatic nitrogens is 1. The third-order valence-electron chi connectivity index (χ3n) is 4.96. The lowest BCUT2D eigenvalue weighted by molar-refractivity contribution is -0.386. The number of H-pyrrole nitrogens is 1. The standard InChI is InChI=1S/C24H20FN3O3/c1-14-6-3-4-9-21(14)28-23(30)20-11-19-16(13-29)12-26-15(2)22(19)31-24(20)27-18-8-5-7-17(25)10-18/h3-12,29H,13H2,1-2H3,(H,28,30)/p+1. The molecule has 0 atom stereocenters. The molecule has 6 nitrogen and oxygen atoms in total. The number of para-hydroxylation sites is 1. The summed E-state index contributed by atoms with van der Waals surface area (Å²) in [6.07, 6.45) is 1.67. The van der Waals surface area contributed by atoms with E-state index in [1.165, 1.54) is 18.2 Å². The van der Waals surface area contributed by atoms with Crippen LogP contribution in [0.25, 0.3) is 11.0 Å². The number of rotatable bonds is 4. The summed E-state index contributed by atoms with van der Waals surface area (Å²) in [6, 6.07) is 14.8. The molecule has 2 aromatic heterocycles. The van der Waals surface area contributed by atoms with Crippen LogP contribution in [-0.2, 0) is 6.61 Å². The van der Waals surface area contributed by atoms with Crippen LogP contribution in [0, 0.1) is 19.7 Å². The van der Waals surface area contributed by atoms with Crippen molar-refractivity contribution in [2.75, 3.05) is 5.32 Å². The average molecular weight is 418 g/mol. The van der Waals surface area contributed by atoms with E-state index in [-0.39, 0.29) is 17.7 Å². The molecule has 2 aromatic carbocycles. The summed E-state index contributed by atoms with van der Waals surface area (Å²) in [5, 5.41) is 13.2. The first-order valence-corrected chi connectivity index (χ1v) is 9.72. The number of anilines is 1. The quantitative estimate of drug-likeness (QED) is 0.525. The Morgan fingerprint density at radius 2 is 1.97 bits per heavy atom. The van der Waals surface area contributed by atoms with Gasteiger partial charge in [0.15, 0.2) is 6.20 Å². The maximum atomic E-state index is 13.7. The minimum Gasteiger partial charge on any atom is -0.431 e. The summed E-state index contributed by atoms with van der Waals surface area (Å²) in [4.78, 5) is 20.6. The maximum Gasteiger partial charge on any atom is 0.261 e. The Hall–Kier alpha value is -3.84. The van der Waals surface area contributed by atoms with Crippen LogP contribution in [-0.4, -0.2) is 11.0 Å². The van der Waals surface area contributed by atoms with Crippen molar-refractivity contribution in [3.05, 3.63) is 94.5 Å². The average Bonchev–Trinajstić information content (AvgIpc) is 2.75. The van der Waals surface area contributed by atoms with Crippen molar-refractivity contribution < 1.29 is 23.7 Å². The number of fused-ring (bicyclic) bond motifs is 1. The molecular weight excluding hydrogens is 397 g/mol. The van der Waals surface area contributed by atoms with Gasteiger partial charge in [-0.1, -0.05) is 24.3 Å². The second-order valence-corrected chi connectivity index (χ2v) is 7.17. The molecule has 4 rings (SSSR count). The third kappa shape index (κ3) is 4.22. The highest BCUT2D eigenvalue weighted by atomic mass is 19.1. The van der Waals surface area contributed by atoms with Crippen LogP contribution in [0.3, 0.4) is 0 Å². The number of carbonyl (C=O) groups excluding carboxylic acids is 1. The lowest BCUT2D eigenvalue weighted by atomic mass is 10.1. The van der Waals surface area contributed by atoms with E-state index in [0.29, 0.717) is 33.6 Å². The molecule has 0 fully saturated rings. The van der Waals surface area contributed by atoms with E-state index < -0.39 is 11.7 Å². The van der Waals surface area contributed by atoms with Gasteiger partial charge in [-0.25, -0.2) is 14.4 Å². The van der Waals surface area contributed by atoms with Gasteiger partial charge in [0.05, 0.1) is 17.9 Å². The van der Waals surface area contributed by atoms with Crippen LogP contribution < -0.4 is 15.9 Å². The number of aromatic amines is 1. The summed E-state index contributed by atoms with van der Waals surface area (Å²) in [6.45, 7) is 3.47. The fourth-order valence-electron chi connectivity index (χ4n) is 3.28. The Kier molecular flexibility index (Phi) is 5.60. The van der Waals surface area contributed by atoms with E-state index in [4.69, 9.17) is 4.42 Å². The lowest BCUT2D eigenvalue weighted by Crippen LogP contribution is -2.23. The van der Waals surface area contributed by atoms with Crippen LogP contribution in [0.2, 0.25) is 0 Å². The summed E-state index contributed by atoms with van der Waals surface area (Å²) < 4.78 is 19.7. The van der Waals surface area contributed by atoms with Crippen LogP contribution in [0.1, 0.15) is 27.2 Å². The Morgan fingerprint density at radius 3 is 2.71 bits per heavy atom. The molecule has 0 radical (unpaired) electrons. The first-order valence-electron chi connectivity index (χ1n) is 9.72. The molecule has 0 aliphatic heterocycles. The van der Waals surface area contributed by atoms with Crippen LogP contribution in [0.15, 0.2) is 70.2 Å². The van der Waals surface area contributed by atoms with Gasteiger partial charge in [0.2, 0.25) is 16.8 Å². The molecule has 0 unspecified atom stereocenters. The number of aryl methyl sites for hydroxylation is 2. The molecule has 31 heavy (non-hydrogen) atoms. The zero-order valence-electron chi connectivity index (χ0n) is 17.1. The minimum atomic E-state index is -0.444. The van der Waals surface area contributed by atoms with Gasteiger partial charge in [0.1, 0.15) is 11.4 Å². The Labute approximate surface area is 177 Å². The maximum absolute atomic E-state index is 13.7. The number of amides is 1. The Balaban J connectivity index is 1.94. The molecule has 7 heteroatoms. The van der Waals surface area contributed by atoms with E-state index in [9.17, 15) is 14.3 Å². The summed E-state index contributed by atoms with van der Waals surface area (Å²) in [7, 11) is 0. The zero-order chi connectivity index (χ0) is 22.0. The molecule has 4 aromatic rings. The van der Waals surface area contributed by atoms with Gasteiger partial charge >= 0.3 is 0 Å². The Morgan fingerprint density at radius 1 is 1.16 bits per heavy atom. The van der Waals surface area contributed by atoms with Gasteiger partial charge in [-0.05, 0) is 42.8 Å². The van der Waals surface area contributed by atoms with Crippen molar-refractivity contribution in [1.29, 1.82) is 0 Å². The van der Waals surface area contributed by atoms with Crippen molar-refractivity contribution in [3.8, 4) is 0 Å². The van der Waals surface area contributed by atoms with Gasteiger partial charge in [0.25, 0.3) is 5.91 Å². The first kappa shape index (κ1) is 20.4. The van der Waals surface area contributed by atoms with Crippen molar-refractivity contribution >= 4 is 28.3 Å². The van der Waals surface area contributed by atoms with Gasteiger partial charge in [-0.15, -0.1) is 0 Å². The molecule has 0 saturated heterocycles. The second kappa shape index (κ2) is 8.49. The third-order valence-corrected chi connectivity index (χ3v) is 4.96. The highest BCUT2D eigenvalue weighted by molar-refractivity contribution is 6.06. The summed E-state index contributed by atoms with van der Waals surface area (Å²) >= 11 is 0. The predicted octanol–water partition coefficient (Wildman–Crippen LogP) is 3.98. The predicted molar refractivity (Wildman–Crippen MR) is 114 cm³/mol. The van der Waals surface area contributed by atoms with Crippen LogP contribution in [0.4, 0.5) is 15.8 Å². The van der Waals surface area contributed by atoms with Crippen molar-refractivity contribution in [3.63, 3.8) is 0 Å². The molecule has 0 saturated carbocycles. The first-order chi connectivity index (χ1) is 15.0. The largest absolute Gasteiger partial charge is 0.431 e. The van der Waals surface area contributed by atoms with Crippen LogP contribution in [0.5, 0.6) is 0 Å². The number of benzene rings is 2. The number of hydrogen-bond acceptors (Lipinski definition) is 4. The molecule has 2 heterocycles. The number of aliphatic hydroxyl groups is 1. The molecule has 0 aliphatic carbocycles. The van der Waals surface area contributed by atoms with Gasteiger partial charge in [-0.2, -0.15) is 0 Å². The SMILES string of the molecule is Cc1ccccc1NC(=O)c1cc2c(CO)c[nH+]c(C)c2oc1=Nc1cccc(F)c1. The number of aliphatic hydroxyl groups excluding tert-OH is 1. The normalized spacial score (nSPS) is 11.7. The van der Waals surface area contributed by atoms with E-state index in [2.05, 4.69) is 15.3 Å². The van der Waals surface area contributed by atoms with Crippen molar-refractivity contribution in [1.82, 2.24) is 0 Å². The molecule has 0 spiro atoms. The van der Waals surface area contributed by atoms with E-state index >= 15 is 0 Å².